The molecule has 0 aliphatic rings. The zero-order valence-corrected chi connectivity index (χ0v) is 12.0. The van der Waals surface area contributed by atoms with Crippen molar-refractivity contribution in [3.05, 3.63) is 35.6 Å². The van der Waals surface area contributed by atoms with Gasteiger partial charge >= 0.3 is 0 Å². The molecule has 1 aromatic rings. The van der Waals surface area contributed by atoms with E-state index in [1.165, 1.54) is 12.1 Å². The fraction of sp³-hybridized carbons (Fsp3) is 0.462. The first-order valence-electron chi connectivity index (χ1n) is 5.93. The van der Waals surface area contributed by atoms with E-state index in [4.69, 9.17) is 5.73 Å². The zero-order valence-electron chi connectivity index (χ0n) is 11.2. The maximum Gasteiger partial charge on any atom is 0.221 e. The number of halogens is 2. The molecular weight excluding hydrogens is 269 g/mol. The quantitative estimate of drug-likeness (QED) is 0.830. The van der Waals surface area contributed by atoms with Crippen LogP contribution in [0.2, 0.25) is 0 Å². The lowest BCUT2D eigenvalue weighted by atomic mass is 10.1. The molecular formula is C13H21ClFN3O. The number of likely N-dealkylation sites (N-methyl/N-ethyl adjacent to an activating group) is 1. The predicted molar refractivity (Wildman–Crippen MR) is 76.8 cm³/mol. The van der Waals surface area contributed by atoms with Gasteiger partial charge in [-0.3, -0.25) is 4.79 Å². The van der Waals surface area contributed by atoms with Crippen molar-refractivity contribution in [2.24, 2.45) is 5.73 Å². The number of nitrogens with zero attached hydrogens (tertiary/aromatic N) is 1. The van der Waals surface area contributed by atoms with Crippen molar-refractivity contribution >= 4 is 18.3 Å². The van der Waals surface area contributed by atoms with Crippen LogP contribution >= 0.6 is 12.4 Å². The van der Waals surface area contributed by atoms with E-state index in [0.717, 1.165) is 5.56 Å². The molecule has 0 aliphatic heterocycles. The fourth-order valence-corrected chi connectivity index (χ4v) is 1.71. The molecule has 0 bridgehead atoms. The van der Waals surface area contributed by atoms with Crippen LogP contribution in [0.15, 0.2) is 24.3 Å². The summed E-state index contributed by atoms with van der Waals surface area (Å²) >= 11 is 0. The van der Waals surface area contributed by atoms with E-state index in [-0.39, 0.29) is 30.2 Å². The third kappa shape index (κ3) is 6.00. The Morgan fingerprint density at radius 2 is 1.95 bits per heavy atom. The Bertz CT molecular complexity index is 384. The molecule has 4 nitrogen and oxygen atoms in total. The highest BCUT2D eigenvalue weighted by atomic mass is 35.5. The van der Waals surface area contributed by atoms with E-state index in [9.17, 15) is 9.18 Å². The Labute approximate surface area is 119 Å². The van der Waals surface area contributed by atoms with Gasteiger partial charge < -0.3 is 16.0 Å². The Morgan fingerprint density at radius 1 is 1.37 bits per heavy atom. The molecule has 1 atom stereocenters. The average molecular weight is 290 g/mol. The SMILES string of the molecule is CN(C)C(CNC(=O)CCN)c1ccc(F)cc1.Cl. The Morgan fingerprint density at radius 3 is 2.42 bits per heavy atom. The van der Waals surface area contributed by atoms with Gasteiger partial charge in [-0.25, -0.2) is 4.39 Å². The molecule has 1 rings (SSSR count). The molecule has 0 heterocycles. The second-order valence-corrected chi connectivity index (χ2v) is 4.37. The maximum absolute atomic E-state index is 12.9. The minimum Gasteiger partial charge on any atom is -0.354 e. The van der Waals surface area contributed by atoms with Gasteiger partial charge in [-0.1, -0.05) is 12.1 Å². The zero-order chi connectivity index (χ0) is 13.5. The van der Waals surface area contributed by atoms with Crippen molar-refractivity contribution in [2.75, 3.05) is 27.2 Å². The number of amides is 1. The van der Waals surface area contributed by atoms with Crippen LogP contribution in [0.5, 0.6) is 0 Å². The van der Waals surface area contributed by atoms with Gasteiger partial charge in [0.1, 0.15) is 5.82 Å². The number of hydrogen-bond donors (Lipinski definition) is 2. The highest BCUT2D eigenvalue weighted by molar-refractivity contribution is 5.85. The molecule has 0 fully saturated rings. The monoisotopic (exact) mass is 289 g/mol. The lowest BCUT2D eigenvalue weighted by molar-refractivity contribution is -0.121. The Kier molecular flexibility index (Phi) is 8.30. The minimum atomic E-state index is -0.261. The van der Waals surface area contributed by atoms with Crippen LogP contribution in [0.25, 0.3) is 0 Å². The predicted octanol–water partition coefficient (Wildman–Crippen LogP) is 1.32. The number of nitrogens with two attached hydrogens (primary N) is 1. The summed E-state index contributed by atoms with van der Waals surface area (Å²) in [6, 6.07) is 6.33. The van der Waals surface area contributed by atoms with E-state index < -0.39 is 0 Å². The number of rotatable bonds is 6. The summed E-state index contributed by atoms with van der Waals surface area (Å²) in [4.78, 5) is 13.4. The summed E-state index contributed by atoms with van der Waals surface area (Å²) in [5.41, 5.74) is 6.28. The van der Waals surface area contributed by atoms with Crippen LogP contribution in [0.4, 0.5) is 4.39 Å². The number of hydrogen-bond acceptors (Lipinski definition) is 3. The Hall–Kier alpha value is -1.17. The molecule has 19 heavy (non-hydrogen) atoms. The van der Waals surface area contributed by atoms with Gasteiger partial charge in [-0.05, 0) is 31.8 Å². The smallest absolute Gasteiger partial charge is 0.221 e. The van der Waals surface area contributed by atoms with Gasteiger partial charge in [-0.2, -0.15) is 0 Å². The molecule has 6 heteroatoms. The highest BCUT2D eigenvalue weighted by Gasteiger charge is 2.14. The molecule has 0 aromatic heterocycles. The molecule has 1 unspecified atom stereocenters. The molecule has 0 saturated carbocycles. The maximum atomic E-state index is 12.9. The number of carbonyl (C=O) groups is 1. The van der Waals surface area contributed by atoms with Crippen LogP contribution < -0.4 is 11.1 Å². The third-order valence-electron chi connectivity index (χ3n) is 2.74. The molecule has 1 amide bonds. The second-order valence-electron chi connectivity index (χ2n) is 4.37. The molecule has 0 spiro atoms. The summed E-state index contributed by atoms with van der Waals surface area (Å²) in [5, 5.41) is 2.82. The van der Waals surface area contributed by atoms with E-state index in [0.29, 0.717) is 19.5 Å². The van der Waals surface area contributed by atoms with Gasteiger partial charge in [0.2, 0.25) is 5.91 Å². The first kappa shape index (κ1) is 17.8. The topological polar surface area (TPSA) is 58.4 Å². The molecule has 3 N–H and O–H groups in total. The lowest BCUT2D eigenvalue weighted by Gasteiger charge is -2.25. The summed E-state index contributed by atoms with van der Waals surface area (Å²) in [6.07, 6.45) is 0.323. The van der Waals surface area contributed by atoms with Crippen LogP contribution in [0.3, 0.4) is 0 Å². The first-order chi connectivity index (χ1) is 8.54. The summed E-state index contributed by atoms with van der Waals surface area (Å²) < 4.78 is 12.9. The summed E-state index contributed by atoms with van der Waals surface area (Å²) in [7, 11) is 3.84. The third-order valence-corrected chi connectivity index (χ3v) is 2.74. The average Bonchev–Trinajstić information content (AvgIpc) is 2.31. The van der Waals surface area contributed by atoms with Crippen LogP contribution in [0.1, 0.15) is 18.0 Å². The van der Waals surface area contributed by atoms with Crippen molar-refractivity contribution in [1.82, 2.24) is 10.2 Å². The normalized spacial score (nSPS) is 11.8. The van der Waals surface area contributed by atoms with Crippen molar-refractivity contribution in [3.8, 4) is 0 Å². The number of benzene rings is 1. The standard InChI is InChI=1S/C13H20FN3O.ClH/c1-17(2)12(9-16-13(18)7-8-15)10-3-5-11(14)6-4-10;/h3-6,12H,7-9,15H2,1-2H3,(H,16,18);1H. The lowest BCUT2D eigenvalue weighted by Crippen LogP contribution is -2.35. The molecule has 108 valence electrons. The van der Waals surface area contributed by atoms with E-state index in [1.54, 1.807) is 12.1 Å². The number of carbonyl (C=O) groups excluding carboxylic acids is 1. The molecule has 0 saturated heterocycles. The van der Waals surface area contributed by atoms with Crippen molar-refractivity contribution in [1.29, 1.82) is 0 Å². The van der Waals surface area contributed by atoms with Crippen molar-refractivity contribution in [3.63, 3.8) is 0 Å². The van der Waals surface area contributed by atoms with Gasteiger partial charge in [0.05, 0.1) is 6.04 Å². The molecule has 0 aliphatic carbocycles. The minimum absolute atomic E-state index is 0. The molecule has 1 aromatic carbocycles. The summed E-state index contributed by atoms with van der Waals surface area (Å²) in [6.45, 7) is 0.826. The van der Waals surface area contributed by atoms with Gasteiger partial charge in [-0.15, -0.1) is 12.4 Å². The van der Waals surface area contributed by atoms with E-state index in [2.05, 4.69) is 5.32 Å². The Balaban J connectivity index is 0.00000324. The van der Waals surface area contributed by atoms with Crippen LogP contribution in [-0.2, 0) is 4.79 Å². The van der Waals surface area contributed by atoms with Crippen LogP contribution in [-0.4, -0.2) is 38.0 Å². The van der Waals surface area contributed by atoms with Gasteiger partial charge in [0.25, 0.3) is 0 Å². The second kappa shape index (κ2) is 8.85. The highest BCUT2D eigenvalue weighted by Crippen LogP contribution is 2.17. The van der Waals surface area contributed by atoms with Crippen molar-refractivity contribution < 1.29 is 9.18 Å². The van der Waals surface area contributed by atoms with E-state index in [1.807, 2.05) is 19.0 Å². The van der Waals surface area contributed by atoms with E-state index >= 15 is 0 Å². The molecule has 0 radical (unpaired) electrons. The van der Waals surface area contributed by atoms with Gasteiger partial charge in [0.15, 0.2) is 0 Å². The number of nitrogens with one attached hydrogen (secondary N) is 1. The fourth-order valence-electron chi connectivity index (χ4n) is 1.71. The van der Waals surface area contributed by atoms with Gasteiger partial charge in [0, 0.05) is 19.5 Å². The summed E-state index contributed by atoms with van der Waals surface area (Å²) in [5.74, 6) is -0.324. The van der Waals surface area contributed by atoms with Crippen molar-refractivity contribution in [2.45, 2.75) is 12.5 Å². The first-order valence-corrected chi connectivity index (χ1v) is 5.93. The largest absolute Gasteiger partial charge is 0.354 e. The van der Waals surface area contributed by atoms with Crippen LogP contribution in [0, 0.1) is 5.82 Å².